The largest absolute Gasteiger partial charge is 0.326 e. The van der Waals surface area contributed by atoms with E-state index in [1.54, 1.807) is 36.4 Å². The first-order valence-corrected chi connectivity index (χ1v) is 10.1. The van der Waals surface area contributed by atoms with Gasteiger partial charge in [0.25, 0.3) is 0 Å². The molecule has 0 unspecified atom stereocenters. The van der Waals surface area contributed by atoms with Crippen LogP contribution in [0, 0.1) is 13.8 Å². The van der Waals surface area contributed by atoms with Crippen LogP contribution in [0.1, 0.15) is 18.1 Å². The molecule has 0 atom stereocenters. The molecule has 0 saturated heterocycles. The zero-order valence-corrected chi connectivity index (χ0v) is 16.6. The fourth-order valence-corrected chi connectivity index (χ4v) is 3.54. The van der Waals surface area contributed by atoms with Crippen LogP contribution in [0.5, 0.6) is 0 Å². The van der Waals surface area contributed by atoms with Crippen LogP contribution in [0.4, 0.5) is 17.1 Å². The molecule has 8 heteroatoms. The van der Waals surface area contributed by atoms with Gasteiger partial charge in [-0.3, -0.25) is 13.9 Å². The van der Waals surface area contributed by atoms with Crippen LogP contribution in [-0.2, 0) is 19.6 Å². The van der Waals surface area contributed by atoms with Crippen LogP contribution >= 0.6 is 0 Å². The van der Waals surface area contributed by atoms with Gasteiger partial charge in [-0.1, -0.05) is 12.1 Å². The summed E-state index contributed by atoms with van der Waals surface area (Å²) < 4.78 is 25.5. The quantitative estimate of drug-likeness (QED) is 0.794. The SMILES string of the molecule is CC(=O)Nc1cccc(NC(=O)CN(c2cc(C)cc(C)c2)S(C)(=O)=O)c1. The van der Waals surface area contributed by atoms with Crippen LogP contribution in [0.3, 0.4) is 0 Å². The maximum atomic E-state index is 12.4. The van der Waals surface area contributed by atoms with Crippen LogP contribution in [-0.4, -0.2) is 33.0 Å². The summed E-state index contributed by atoms with van der Waals surface area (Å²) >= 11 is 0. The van der Waals surface area contributed by atoms with Gasteiger partial charge in [0, 0.05) is 18.3 Å². The average Bonchev–Trinajstić information content (AvgIpc) is 2.50. The van der Waals surface area contributed by atoms with Gasteiger partial charge < -0.3 is 10.6 Å². The number of sulfonamides is 1. The Balaban J connectivity index is 2.21. The van der Waals surface area contributed by atoms with Crippen molar-refractivity contribution in [1.29, 1.82) is 0 Å². The molecule has 0 spiro atoms. The molecule has 2 aromatic carbocycles. The second kappa shape index (κ2) is 8.22. The molecule has 0 bridgehead atoms. The van der Waals surface area contributed by atoms with Gasteiger partial charge in [-0.2, -0.15) is 0 Å². The van der Waals surface area contributed by atoms with E-state index >= 15 is 0 Å². The van der Waals surface area contributed by atoms with Crippen molar-refractivity contribution in [2.75, 3.05) is 27.7 Å². The van der Waals surface area contributed by atoms with E-state index in [2.05, 4.69) is 10.6 Å². The maximum absolute atomic E-state index is 12.4. The van der Waals surface area contributed by atoms with Gasteiger partial charge >= 0.3 is 0 Å². The van der Waals surface area contributed by atoms with Crippen LogP contribution in [0.25, 0.3) is 0 Å². The van der Waals surface area contributed by atoms with E-state index < -0.39 is 15.9 Å². The van der Waals surface area contributed by atoms with E-state index in [1.807, 2.05) is 19.9 Å². The molecule has 0 heterocycles. The minimum absolute atomic E-state index is 0.225. The molecule has 2 aromatic rings. The van der Waals surface area contributed by atoms with Crippen LogP contribution in [0.15, 0.2) is 42.5 Å². The Bertz CT molecular complexity index is 950. The van der Waals surface area contributed by atoms with Gasteiger partial charge in [0.05, 0.1) is 11.9 Å². The van der Waals surface area contributed by atoms with Crippen molar-refractivity contribution < 1.29 is 18.0 Å². The predicted octanol–water partition coefficient (Wildman–Crippen LogP) is 2.67. The zero-order valence-electron chi connectivity index (χ0n) is 15.7. The Kier molecular flexibility index (Phi) is 6.22. The summed E-state index contributed by atoms with van der Waals surface area (Å²) in [5, 5.41) is 5.29. The van der Waals surface area contributed by atoms with Gasteiger partial charge in [-0.05, 0) is 55.3 Å². The van der Waals surface area contributed by atoms with Gasteiger partial charge in [0.1, 0.15) is 6.54 Å². The first kappa shape index (κ1) is 20.4. The fraction of sp³-hybridized carbons (Fsp3) is 0.263. The Morgan fingerprint density at radius 1 is 0.963 bits per heavy atom. The third-order valence-electron chi connectivity index (χ3n) is 3.65. The topological polar surface area (TPSA) is 95.6 Å². The summed E-state index contributed by atoms with van der Waals surface area (Å²) in [5.41, 5.74) is 3.25. The van der Waals surface area contributed by atoms with Gasteiger partial charge in [-0.25, -0.2) is 8.42 Å². The predicted molar refractivity (Wildman–Crippen MR) is 107 cm³/mol. The molecule has 0 aliphatic carbocycles. The minimum atomic E-state index is -3.65. The van der Waals surface area contributed by atoms with E-state index in [0.717, 1.165) is 21.7 Å². The maximum Gasteiger partial charge on any atom is 0.245 e. The van der Waals surface area contributed by atoms with Crippen LogP contribution < -0.4 is 14.9 Å². The fourth-order valence-electron chi connectivity index (χ4n) is 2.70. The lowest BCUT2D eigenvalue weighted by Gasteiger charge is -2.23. The third kappa shape index (κ3) is 6.10. The van der Waals surface area contributed by atoms with E-state index in [-0.39, 0.29) is 12.5 Å². The van der Waals surface area contributed by atoms with Crippen molar-refractivity contribution in [2.24, 2.45) is 0 Å². The standard InChI is InChI=1S/C19H23N3O4S/c1-13-8-14(2)10-18(9-13)22(27(4,25)26)12-19(24)21-17-7-5-6-16(11-17)20-15(3)23/h5-11H,12H2,1-4H3,(H,20,23)(H,21,24). The lowest BCUT2D eigenvalue weighted by Crippen LogP contribution is -2.37. The van der Waals surface area contributed by atoms with Crippen molar-refractivity contribution in [1.82, 2.24) is 0 Å². The number of aryl methyl sites for hydroxylation is 2. The monoisotopic (exact) mass is 389 g/mol. The third-order valence-corrected chi connectivity index (χ3v) is 4.79. The summed E-state index contributed by atoms with van der Waals surface area (Å²) in [4.78, 5) is 23.6. The van der Waals surface area contributed by atoms with Crippen molar-refractivity contribution in [3.05, 3.63) is 53.6 Å². The van der Waals surface area contributed by atoms with E-state index in [4.69, 9.17) is 0 Å². The summed E-state index contributed by atoms with van der Waals surface area (Å²) in [6.07, 6.45) is 1.06. The Morgan fingerprint density at radius 3 is 2.04 bits per heavy atom. The number of carbonyl (C=O) groups excluding carboxylic acids is 2. The normalized spacial score (nSPS) is 11.0. The smallest absolute Gasteiger partial charge is 0.245 e. The van der Waals surface area contributed by atoms with Gasteiger partial charge in [-0.15, -0.1) is 0 Å². The molecule has 0 aliphatic rings. The number of benzene rings is 2. The van der Waals surface area contributed by atoms with Crippen molar-refractivity contribution in [2.45, 2.75) is 20.8 Å². The van der Waals surface area contributed by atoms with E-state index in [1.165, 1.54) is 6.92 Å². The number of hydrogen-bond acceptors (Lipinski definition) is 4. The molecule has 0 radical (unpaired) electrons. The van der Waals surface area contributed by atoms with E-state index in [0.29, 0.717) is 17.1 Å². The number of anilines is 3. The molecule has 2 N–H and O–H groups in total. The molecule has 0 aliphatic heterocycles. The highest BCUT2D eigenvalue weighted by molar-refractivity contribution is 7.92. The molecule has 7 nitrogen and oxygen atoms in total. The van der Waals surface area contributed by atoms with Gasteiger partial charge in [0.15, 0.2) is 0 Å². The molecule has 0 fully saturated rings. The van der Waals surface area contributed by atoms with Crippen molar-refractivity contribution in [3.8, 4) is 0 Å². The molecule has 27 heavy (non-hydrogen) atoms. The molecular formula is C19H23N3O4S. The highest BCUT2D eigenvalue weighted by Gasteiger charge is 2.21. The highest BCUT2D eigenvalue weighted by atomic mass is 32.2. The molecule has 2 rings (SSSR count). The summed E-state index contributed by atoms with van der Waals surface area (Å²) in [5.74, 6) is -0.712. The van der Waals surface area contributed by atoms with Crippen molar-refractivity contribution >= 4 is 38.9 Å². The Morgan fingerprint density at radius 2 is 1.52 bits per heavy atom. The summed E-state index contributed by atoms with van der Waals surface area (Å²) in [6, 6.07) is 12.0. The molecule has 0 saturated carbocycles. The highest BCUT2D eigenvalue weighted by Crippen LogP contribution is 2.22. The Labute approximate surface area is 159 Å². The second-order valence-corrected chi connectivity index (χ2v) is 8.33. The van der Waals surface area contributed by atoms with Gasteiger partial charge in [0.2, 0.25) is 21.8 Å². The van der Waals surface area contributed by atoms with E-state index in [9.17, 15) is 18.0 Å². The number of nitrogens with one attached hydrogen (secondary N) is 2. The lowest BCUT2D eigenvalue weighted by atomic mass is 10.1. The first-order valence-electron chi connectivity index (χ1n) is 8.28. The molecular weight excluding hydrogens is 366 g/mol. The van der Waals surface area contributed by atoms with Crippen LogP contribution in [0.2, 0.25) is 0 Å². The summed E-state index contributed by atoms with van der Waals surface area (Å²) in [7, 11) is -3.65. The van der Waals surface area contributed by atoms with Crippen molar-refractivity contribution in [3.63, 3.8) is 0 Å². The minimum Gasteiger partial charge on any atom is -0.326 e. The lowest BCUT2D eigenvalue weighted by molar-refractivity contribution is -0.115. The number of amides is 2. The molecule has 2 amide bonds. The number of hydrogen-bond donors (Lipinski definition) is 2. The molecule has 144 valence electrons. The number of nitrogens with zero attached hydrogens (tertiary/aromatic N) is 1. The number of rotatable bonds is 6. The molecule has 0 aromatic heterocycles. The second-order valence-electron chi connectivity index (χ2n) is 6.43. The zero-order chi connectivity index (χ0) is 20.2. The first-order chi connectivity index (χ1) is 12.5. The summed E-state index contributed by atoms with van der Waals surface area (Å²) in [6.45, 7) is 4.76. The Hall–Kier alpha value is -2.87. The number of carbonyl (C=O) groups is 2. The average molecular weight is 389 g/mol.